The van der Waals surface area contributed by atoms with E-state index in [1.165, 1.54) is 10.5 Å². The average Bonchev–Trinajstić information content (AvgIpc) is 2.98. The number of aldehydes is 1. The molecule has 2 aliphatic heterocycles. The Hall–Kier alpha value is -3.44. The summed E-state index contributed by atoms with van der Waals surface area (Å²) in [7, 11) is 0. The van der Waals surface area contributed by atoms with Crippen LogP contribution in [0.15, 0.2) is 77.5 Å². The second-order valence-corrected chi connectivity index (χ2v) is 8.90. The van der Waals surface area contributed by atoms with E-state index in [0.717, 1.165) is 41.7 Å². The lowest BCUT2D eigenvalue weighted by atomic mass is 9.96. The highest BCUT2D eigenvalue weighted by Gasteiger charge is 2.34. The number of halogens is 1. The summed E-state index contributed by atoms with van der Waals surface area (Å²) in [5.41, 5.74) is 6.17. The molecule has 0 N–H and O–H groups in total. The summed E-state index contributed by atoms with van der Waals surface area (Å²) in [6.07, 6.45) is 9.84. The van der Waals surface area contributed by atoms with E-state index in [-0.39, 0.29) is 11.8 Å². The summed E-state index contributed by atoms with van der Waals surface area (Å²) in [5, 5.41) is 0.675. The minimum absolute atomic E-state index is 0.214. The topological polar surface area (TPSA) is 57.7 Å². The van der Waals surface area contributed by atoms with Crippen LogP contribution >= 0.6 is 11.6 Å². The maximum Gasteiger partial charge on any atom is 0.261 e. The molecule has 33 heavy (non-hydrogen) atoms. The molecular weight excluding hydrogens is 436 g/mol. The van der Waals surface area contributed by atoms with Gasteiger partial charge in [0.1, 0.15) is 6.29 Å². The number of anilines is 1. The Bertz CT molecular complexity index is 1220. The van der Waals surface area contributed by atoms with Gasteiger partial charge in [0.15, 0.2) is 0 Å². The summed E-state index contributed by atoms with van der Waals surface area (Å²) in [6.45, 7) is 1.10. The number of fused-ring (bicyclic) bond motifs is 3. The molecule has 2 heterocycles. The van der Waals surface area contributed by atoms with Gasteiger partial charge >= 0.3 is 0 Å². The molecule has 0 spiro atoms. The van der Waals surface area contributed by atoms with Gasteiger partial charge in [0.2, 0.25) is 0 Å². The van der Waals surface area contributed by atoms with E-state index in [1.54, 1.807) is 24.3 Å². The van der Waals surface area contributed by atoms with Gasteiger partial charge < -0.3 is 4.90 Å². The third kappa shape index (κ3) is 3.93. The molecule has 1 aliphatic carbocycles. The van der Waals surface area contributed by atoms with Gasteiger partial charge in [-0.2, -0.15) is 0 Å². The summed E-state index contributed by atoms with van der Waals surface area (Å²) < 4.78 is 0. The first kappa shape index (κ1) is 21.4. The smallest absolute Gasteiger partial charge is 0.261 e. The summed E-state index contributed by atoms with van der Waals surface area (Å²) in [6, 6.07) is 12.9. The first-order valence-electron chi connectivity index (χ1n) is 11.1. The maximum atomic E-state index is 12.6. The molecule has 2 aromatic carbocycles. The van der Waals surface area contributed by atoms with Gasteiger partial charge in [-0.1, -0.05) is 42.0 Å². The molecule has 5 nitrogen and oxygen atoms in total. The Kier molecular flexibility index (Phi) is 5.73. The largest absolute Gasteiger partial charge is 0.341 e. The summed E-state index contributed by atoms with van der Waals surface area (Å²) in [4.78, 5) is 40.2. The third-order valence-corrected chi connectivity index (χ3v) is 6.65. The van der Waals surface area contributed by atoms with E-state index in [2.05, 4.69) is 11.0 Å². The molecule has 0 bridgehead atoms. The van der Waals surface area contributed by atoms with Gasteiger partial charge in [-0.15, -0.1) is 0 Å². The molecule has 2 amide bonds. The molecule has 0 atom stereocenters. The number of carbonyl (C=O) groups excluding carboxylic acids is 3. The van der Waals surface area contributed by atoms with Crippen molar-refractivity contribution in [2.24, 2.45) is 0 Å². The number of benzene rings is 2. The molecule has 0 aromatic heterocycles. The lowest BCUT2D eigenvalue weighted by Gasteiger charge is -2.31. The van der Waals surface area contributed by atoms with E-state index >= 15 is 0 Å². The highest BCUT2D eigenvalue weighted by Crippen LogP contribution is 2.37. The van der Waals surface area contributed by atoms with Crippen molar-refractivity contribution in [2.45, 2.75) is 25.7 Å². The highest BCUT2D eigenvalue weighted by atomic mass is 35.5. The number of nitrogens with zero attached hydrogens (tertiary/aromatic N) is 2. The Morgan fingerprint density at radius 1 is 0.909 bits per heavy atom. The van der Waals surface area contributed by atoms with Crippen molar-refractivity contribution >= 4 is 35.4 Å². The van der Waals surface area contributed by atoms with E-state index in [0.29, 0.717) is 42.1 Å². The number of imide groups is 1. The summed E-state index contributed by atoms with van der Waals surface area (Å²) >= 11 is 6.34. The third-order valence-electron chi connectivity index (χ3n) is 6.42. The van der Waals surface area contributed by atoms with Crippen LogP contribution in [0.1, 0.15) is 45.5 Å². The van der Waals surface area contributed by atoms with Crippen LogP contribution in [0.4, 0.5) is 5.69 Å². The molecular formula is C27H23ClN2O3. The number of unbranched alkanes of at least 4 members (excludes halogenated alkanes) is 1. The van der Waals surface area contributed by atoms with Crippen LogP contribution in [0.5, 0.6) is 0 Å². The first-order chi connectivity index (χ1) is 16.1. The average molecular weight is 459 g/mol. The lowest BCUT2D eigenvalue weighted by Crippen LogP contribution is -2.32. The Morgan fingerprint density at radius 2 is 1.61 bits per heavy atom. The van der Waals surface area contributed by atoms with Crippen molar-refractivity contribution in [3.63, 3.8) is 0 Å². The minimum atomic E-state index is -0.214. The van der Waals surface area contributed by atoms with Crippen molar-refractivity contribution in [3.05, 3.63) is 99.2 Å². The molecule has 0 saturated carbocycles. The maximum absolute atomic E-state index is 12.6. The molecule has 0 saturated heterocycles. The zero-order chi connectivity index (χ0) is 22.9. The quantitative estimate of drug-likeness (QED) is 0.342. The van der Waals surface area contributed by atoms with E-state index in [9.17, 15) is 14.4 Å². The van der Waals surface area contributed by atoms with Crippen LogP contribution < -0.4 is 4.90 Å². The lowest BCUT2D eigenvalue weighted by molar-refractivity contribution is -0.105. The molecule has 5 rings (SSSR count). The van der Waals surface area contributed by atoms with Gasteiger partial charge in [0, 0.05) is 35.9 Å². The number of hydrogen-bond donors (Lipinski definition) is 0. The Morgan fingerprint density at radius 3 is 2.30 bits per heavy atom. The van der Waals surface area contributed by atoms with Crippen LogP contribution in [0.3, 0.4) is 0 Å². The second-order valence-electron chi connectivity index (χ2n) is 8.46. The van der Waals surface area contributed by atoms with Crippen molar-refractivity contribution < 1.29 is 14.4 Å². The second kappa shape index (κ2) is 8.83. The molecule has 3 aliphatic rings. The van der Waals surface area contributed by atoms with Crippen molar-refractivity contribution in [2.75, 3.05) is 18.0 Å². The number of allylic oxidation sites excluding steroid dienone is 5. The van der Waals surface area contributed by atoms with Gasteiger partial charge in [-0.25, -0.2) is 0 Å². The van der Waals surface area contributed by atoms with E-state index < -0.39 is 0 Å². The predicted octanol–water partition coefficient (Wildman–Crippen LogP) is 5.12. The predicted molar refractivity (Wildman–Crippen MR) is 128 cm³/mol. The molecule has 0 unspecified atom stereocenters. The molecule has 166 valence electrons. The zero-order valence-electron chi connectivity index (χ0n) is 18.1. The first-order valence-corrected chi connectivity index (χ1v) is 11.5. The van der Waals surface area contributed by atoms with Crippen molar-refractivity contribution in [3.8, 4) is 0 Å². The fraction of sp³-hybridized carbons (Fsp3) is 0.222. The fourth-order valence-electron chi connectivity index (χ4n) is 4.73. The normalized spacial score (nSPS) is 16.9. The highest BCUT2D eigenvalue weighted by molar-refractivity contribution is 6.30. The van der Waals surface area contributed by atoms with Gasteiger partial charge in [0.25, 0.3) is 11.8 Å². The van der Waals surface area contributed by atoms with E-state index in [4.69, 9.17) is 11.6 Å². The molecule has 0 fully saturated rings. The molecule has 6 heteroatoms. The minimum Gasteiger partial charge on any atom is -0.341 e. The molecule has 0 radical (unpaired) electrons. The zero-order valence-corrected chi connectivity index (χ0v) is 18.8. The molecule has 2 aromatic rings. The SMILES string of the molecule is O=CC1=CC=C2C(=CCc3ccc(Cl)cc3N2CCCCN2C(=O)c3ccccc3C2=O)C1. The fourth-order valence-corrected chi connectivity index (χ4v) is 4.90. The van der Waals surface area contributed by atoms with E-state index in [1.807, 2.05) is 30.4 Å². The van der Waals surface area contributed by atoms with Gasteiger partial charge in [-0.05, 0) is 66.3 Å². The Balaban J connectivity index is 1.33. The van der Waals surface area contributed by atoms with Crippen LogP contribution in [-0.4, -0.2) is 36.1 Å². The van der Waals surface area contributed by atoms with Crippen LogP contribution in [0.2, 0.25) is 5.02 Å². The monoisotopic (exact) mass is 458 g/mol. The summed E-state index contributed by atoms with van der Waals surface area (Å²) in [5.74, 6) is -0.427. The number of hydrogen-bond acceptors (Lipinski definition) is 4. The van der Waals surface area contributed by atoms with Crippen molar-refractivity contribution in [1.82, 2.24) is 4.90 Å². The standard InChI is InChI=1S/C27H23ClN2O3/c28-21-11-10-19-8-9-20-15-18(17-31)7-12-24(20)29(25(19)16-21)13-3-4-14-30-26(32)22-5-1-2-6-23(22)27(30)33/h1-2,5-7,9-12,16-17H,3-4,8,13-15H2. The van der Waals surface area contributed by atoms with Gasteiger partial charge in [0.05, 0.1) is 11.1 Å². The van der Waals surface area contributed by atoms with Crippen molar-refractivity contribution in [1.29, 1.82) is 0 Å². The van der Waals surface area contributed by atoms with Gasteiger partial charge in [-0.3, -0.25) is 19.3 Å². The van der Waals surface area contributed by atoms with Crippen LogP contribution in [0, 0.1) is 0 Å². The Labute approximate surface area is 197 Å². The number of rotatable bonds is 6. The van der Waals surface area contributed by atoms with Crippen LogP contribution in [-0.2, 0) is 11.2 Å². The van der Waals surface area contributed by atoms with Crippen LogP contribution in [0.25, 0.3) is 0 Å². The number of carbonyl (C=O) groups is 3. The number of amides is 2.